The van der Waals surface area contributed by atoms with Crippen LogP contribution in [0.2, 0.25) is 0 Å². The molecule has 3 rings (SSSR count). The molecule has 2 aromatic rings. The molecule has 1 aliphatic rings. The number of benzene rings is 2. The Morgan fingerprint density at radius 2 is 1.96 bits per heavy atom. The van der Waals surface area contributed by atoms with E-state index in [1.54, 1.807) is 4.90 Å². The molecular formula is C21H26N4O2. The van der Waals surface area contributed by atoms with Crippen LogP contribution < -0.4 is 20.4 Å². The molecule has 0 aliphatic carbocycles. The van der Waals surface area contributed by atoms with Crippen LogP contribution in [0.1, 0.15) is 19.8 Å². The lowest BCUT2D eigenvalue weighted by atomic mass is 10.2. The van der Waals surface area contributed by atoms with E-state index in [4.69, 9.17) is 0 Å². The van der Waals surface area contributed by atoms with E-state index in [1.165, 1.54) is 0 Å². The van der Waals surface area contributed by atoms with E-state index in [9.17, 15) is 9.59 Å². The van der Waals surface area contributed by atoms with Gasteiger partial charge in [-0.1, -0.05) is 24.3 Å². The molecule has 2 aromatic carbocycles. The average Bonchev–Trinajstić information content (AvgIpc) is 3.12. The molecule has 0 aromatic heterocycles. The van der Waals surface area contributed by atoms with Crippen molar-refractivity contribution in [3.05, 3.63) is 54.6 Å². The Bertz CT molecular complexity index is 794. The molecule has 1 fully saturated rings. The van der Waals surface area contributed by atoms with E-state index in [2.05, 4.69) is 22.5 Å². The Morgan fingerprint density at radius 3 is 2.67 bits per heavy atom. The number of nitrogens with zero attached hydrogens (tertiary/aromatic N) is 2. The number of hydrogen-bond acceptors (Lipinski definition) is 3. The topological polar surface area (TPSA) is 64.7 Å². The van der Waals surface area contributed by atoms with E-state index in [0.29, 0.717) is 18.7 Å². The highest BCUT2D eigenvalue weighted by Crippen LogP contribution is 2.24. The van der Waals surface area contributed by atoms with Gasteiger partial charge in [0.05, 0.1) is 0 Å². The van der Waals surface area contributed by atoms with Crippen molar-refractivity contribution >= 4 is 29.0 Å². The van der Waals surface area contributed by atoms with E-state index < -0.39 is 0 Å². The molecule has 0 saturated carbocycles. The van der Waals surface area contributed by atoms with Crippen molar-refractivity contribution in [2.24, 2.45) is 0 Å². The first-order valence-electron chi connectivity index (χ1n) is 9.28. The summed E-state index contributed by atoms with van der Waals surface area (Å²) in [5.74, 6) is 0.134. The normalized spacial score (nSPS) is 14.7. The molecule has 1 atom stereocenters. The molecule has 1 heterocycles. The Balaban J connectivity index is 1.53. The van der Waals surface area contributed by atoms with Crippen LogP contribution in [0.5, 0.6) is 0 Å². The van der Waals surface area contributed by atoms with Crippen molar-refractivity contribution in [1.29, 1.82) is 0 Å². The summed E-state index contributed by atoms with van der Waals surface area (Å²) in [6.45, 7) is 3.31. The van der Waals surface area contributed by atoms with Crippen molar-refractivity contribution in [2.45, 2.75) is 25.8 Å². The van der Waals surface area contributed by atoms with Crippen molar-refractivity contribution in [1.82, 2.24) is 5.32 Å². The molecule has 0 bridgehead atoms. The third-order valence-electron chi connectivity index (χ3n) is 4.87. The lowest BCUT2D eigenvalue weighted by molar-refractivity contribution is -0.117. The first-order chi connectivity index (χ1) is 13.0. The molecule has 0 spiro atoms. The number of amides is 3. The highest BCUT2D eigenvalue weighted by atomic mass is 16.2. The van der Waals surface area contributed by atoms with Gasteiger partial charge in [0.2, 0.25) is 5.91 Å². The van der Waals surface area contributed by atoms with E-state index >= 15 is 0 Å². The number of nitrogens with one attached hydrogen (secondary N) is 2. The average molecular weight is 366 g/mol. The van der Waals surface area contributed by atoms with Gasteiger partial charge in [-0.3, -0.25) is 4.79 Å². The van der Waals surface area contributed by atoms with Gasteiger partial charge in [-0.25, -0.2) is 4.79 Å². The monoisotopic (exact) mass is 366 g/mol. The summed E-state index contributed by atoms with van der Waals surface area (Å²) < 4.78 is 0. The minimum atomic E-state index is -0.256. The Hall–Kier alpha value is -3.02. The third kappa shape index (κ3) is 4.78. The van der Waals surface area contributed by atoms with Gasteiger partial charge in [0.15, 0.2) is 0 Å². The SMILES string of the molecule is C[C@H](CNC(=O)Nc1cccc(N2CCCC2=O)c1)N(C)c1ccccc1. The van der Waals surface area contributed by atoms with Gasteiger partial charge < -0.3 is 20.4 Å². The molecule has 0 unspecified atom stereocenters. The fraction of sp³-hybridized carbons (Fsp3) is 0.333. The molecule has 6 nitrogen and oxygen atoms in total. The molecule has 2 N–H and O–H groups in total. The number of anilines is 3. The molecule has 0 radical (unpaired) electrons. The number of para-hydroxylation sites is 1. The maximum Gasteiger partial charge on any atom is 0.319 e. The summed E-state index contributed by atoms with van der Waals surface area (Å²) >= 11 is 0. The molecule has 1 saturated heterocycles. The predicted molar refractivity (Wildman–Crippen MR) is 109 cm³/mol. The highest BCUT2D eigenvalue weighted by Gasteiger charge is 2.21. The zero-order valence-electron chi connectivity index (χ0n) is 15.8. The maximum atomic E-state index is 12.3. The van der Waals surface area contributed by atoms with Crippen molar-refractivity contribution < 1.29 is 9.59 Å². The Kier molecular flexibility index (Phi) is 5.96. The number of hydrogen-bond donors (Lipinski definition) is 2. The third-order valence-corrected chi connectivity index (χ3v) is 4.87. The molecule has 3 amide bonds. The summed E-state index contributed by atoms with van der Waals surface area (Å²) in [5.41, 5.74) is 2.61. The van der Waals surface area contributed by atoms with Gasteiger partial charge in [-0.2, -0.15) is 0 Å². The van der Waals surface area contributed by atoms with Gasteiger partial charge in [0.25, 0.3) is 0 Å². The number of urea groups is 1. The standard InChI is InChI=1S/C21H26N4O2/c1-16(24(2)18-9-4-3-5-10-18)15-22-21(27)23-17-8-6-11-19(14-17)25-13-7-12-20(25)26/h3-6,8-11,14,16H,7,12-13,15H2,1-2H3,(H2,22,23,27)/t16-/m1/s1. The highest BCUT2D eigenvalue weighted by molar-refractivity contribution is 5.96. The minimum absolute atomic E-state index is 0.134. The van der Waals surface area contributed by atoms with E-state index in [1.807, 2.05) is 61.6 Å². The summed E-state index contributed by atoms with van der Waals surface area (Å²) in [4.78, 5) is 28.0. The Labute approximate surface area is 160 Å². The van der Waals surface area contributed by atoms with Crippen LogP contribution in [-0.2, 0) is 4.79 Å². The second-order valence-corrected chi connectivity index (χ2v) is 6.83. The van der Waals surface area contributed by atoms with Gasteiger partial charge >= 0.3 is 6.03 Å². The molecule has 142 valence electrons. The van der Waals surface area contributed by atoms with Crippen molar-refractivity contribution in [3.63, 3.8) is 0 Å². The van der Waals surface area contributed by atoms with Crippen molar-refractivity contribution in [2.75, 3.05) is 35.3 Å². The summed E-state index contributed by atoms with van der Waals surface area (Å²) in [7, 11) is 2.01. The minimum Gasteiger partial charge on any atom is -0.370 e. The van der Waals surface area contributed by atoms with Gasteiger partial charge in [0, 0.05) is 49.7 Å². The van der Waals surface area contributed by atoms with Crippen LogP contribution >= 0.6 is 0 Å². The van der Waals surface area contributed by atoms with Gasteiger partial charge in [-0.05, 0) is 43.7 Å². The van der Waals surface area contributed by atoms with E-state index in [0.717, 1.165) is 24.3 Å². The quantitative estimate of drug-likeness (QED) is 0.823. The predicted octanol–water partition coefficient (Wildman–Crippen LogP) is 3.46. The number of rotatable bonds is 6. The molecular weight excluding hydrogens is 340 g/mol. The van der Waals surface area contributed by atoms with Crippen LogP contribution in [0.4, 0.5) is 21.9 Å². The second-order valence-electron chi connectivity index (χ2n) is 6.83. The van der Waals surface area contributed by atoms with Crippen molar-refractivity contribution in [3.8, 4) is 0 Å². The van der Waals surface area contributed by atoms with Crippen LogP contribution in [0.3, 0.4) is 0 Å². The largest absolute Gasteiger partial charge is 0.370 e. The smallest absolute Gasteiger partial charge is 0.319 e. The van der Waals surface area contributed by atoms with Crippen LogP contribution in [0.25, 0.3) is 0 Å². The fourth-order valence-corrected chi connectivity index (χ4v) is 3.14. The number of likely N-dealkylation sites (N-methyl/N-ethyl adjacent to an activating group) is 1. The Morgan fingerprint density at radius 1 is 1.19 bits per heavy atom. The first kappa shape index (κ1) is 18.8. The van der Waals surface area contributed by atoms with Gasteiger partial charge in [0.1, 0.15) is 0 Å². The zero-order chi connectivity index (χ0) is 19.2. The lowest BCUT2D eigenvalue weighted by Crippen LogP contribution is -2.41. The number of carbonyl (C=O) groups excluding carboxylic acids is 2. The van der Waals surface area contributed by atoms with E-state index in [-0.39, 0.29) is 18.0 Å². The lowest BCUT2D eigenvalue weighted by Gasteiger charge is -2.27. The molecule has 1 aliphatic heterocycles. The molecule has 27 heavy (non-hydrogen) atoms. The summed E-state index contributed by atoms with van der Waals surface area (Å²) in [6.07, 6.45) is 1.47. The summed E-state index contributed by atoms with van der Waals surface area (Å²) in [6, 6.07) is 17.4. The first-order valence-corrected chi connectivity index (χ1v) is 9.28. The summed E-state index contributed by atoms with van der Waals surface area (Å²) in [5, 5.41) is 5.76. The van der Waals surface area contributed by atoms with Crippen LogP contribution in [-0.4, -0.2) is 38.1 Å². The van der Waals surface area contributed by atoms with Gasteiger partial charge in [-0.15, -0.1) is 0 Å². The fourth-order valence-electron chi connectivity index (χ4n) is 3.14. The van der Waals surface area contributed by atoms with Crippen LogP contribution in [0, 0.1) is 0 Å². The maximum absolute atomic E-state index is 12.3. The number of carbonyl (C=O) groups is 2. The molecule has 6 heteroatoms. The second kappa shape index (κ2) is 8.58. The van der Waals surface area contributed by atoms with Crippen LogP contribution in [0.15, 0.2) is 54.6 Å². The zero-order valence-corrected chi connectivity index (χ0v) is 15.8.